The first-order chi connectivity index (χ1) is 13.0. The summed E-state index contributed by atoms with van der Waals surface area (Å²) in [7, 11) is 0. The molecule has 0 N–H and O–H groups in total. The molecule has 27 heavy (non-hydrogen) atoms. The van der Waals surface area contributed by atoms with E-state index in [1.165, 1.54) is 57.8 Å². The normalized spacial score (nSPS) is 46.4. The second kappa shape index (κ2) is 6.46. The number of Topliss-reactive ketones (excluding diaryl/α,β-unsaturated/α-hetero) is 1. The highest BCUT2D eigenvalue weighted by Crippen LogP contribution is 2.67. The molecule has 7 atom stereocenters. The molecule has 5 rings (SSSR count). The highest BCUT2D eigenvalue weighted by Gasteiger charge is 2.60. The van der Waals surface area contributed by atoms with E-state index in [1.54, 1.807) is 12.5 Å². The van der Waals surface area contributed by atoms with Gasteiger partial charge in [-0.25, -0.2) is 4.98 Å². The third-order valence-corrected chi connectivity index (χ3v) is 9.87. The van der Waals surface area contributed by atoms with Crippen LogP contribution in [-0.4, -0.2) is 15.3 Å². The number of carbonyl (C=O) groups is 1. The van der Waals surface area contributed by atoms with Crippen molar-refractivity contribution >= 4 is 5.78 Å². The molecular formula is C24H36N2O. The van der Waals surface area contributed by atoms with Gasteiger partial charge in [-0.15, -0.1) is 0 Å². The molecule has 0 aromatic carbocycles. The summed E-state index contributed by atoms with van der Waals surface area (Å²) in [5, 5.41) is 0. The van der Waals surface area contributed by atoms with Crippen LogP contribution in [0.15, 0.2) is 18.7 Å². The molecule has 1 aromatic heterocycles. The van der Waals surface area contributed by atoms with Gasteiger partial charge < -0.3 is 4.57 Å². The predicted molar refractivity (Wildman–Crippen MR) is 107 cm³/mol. The number of fused-ring (bicyclic) bond motifs is 5. The maximum absolute atomic E-state index is 13.2. The zero-order chi connectivity index (χ0) is 18.6. The summed E-state index contributed by atoms with van der Waals surface area (Å²) >= 11 is 0. The standard InChI is InChI=1S/C24H36N2O/c1-23-11-4-3-5-17(23)6-7-18-19-8-9-21(24(19,2)12-10-20(18)23)22(27)15-26-14-13-25-16-26/h13-14,16-21H,3-12,15H2,1-2H3/t17-,18-,19-,20-,21+,23-,24-/m0/s1. The van der Waals surface area contributed by atoms with E-state index >= 15 is 0 Å². The first-order valence-corrected chi connectivity index (χ1v) is 11.5. The zero-order valence-corrected chi connectivity index (χ0v) is 17.2. The second-order valence-corrected chi connectivity index (χ2v) is 10.8. The number of ketones is 1. The van der Waals surface area contributed by atoms with Crippen molar-refractivity contribution < 1.29 is 4.79 Å². The van der Waals surface area contributed by atoms with E-state index in [-0.39, 0.29) is 11.3 Å². The fraction of sp³-hybridized carbons (Fsp3) is 0.833. The second-order valence-electron chi connectivity index (χ2n) is 10.8. The van der Waals surface area contributed by atoms with Crippen LogP contribution in [0.5, 0.6) is 0 Å². The Labute approximate surface area is 164 Å². The van der Waals surface area contributed by atoms with Crippen LogP contribution >= 0.6 is 0 Å². The summed E-state index contributed by atoms with van der Waals surface area (Å²) < 4.78 is 1.96. The molecule has 0 amide bonds. The molecule has 4 aliphatic carbocycles. The molecular weight excluding hydrogens is 332 g/mol. The molecule has 3 heteroatoms. The molecule has 4 fully saturated rings. The Hall–Kier alpha value is -1.12. The van der Waals surface area contributed by atoms with Gasteiger partial charge in [-0.2, -0.15) is 0 Å². The smallest absolute Gasteiger partial charge is 0.156 e. The molecule has 0 spiro atoms. The van der Waals surface area contributed by atoms with Crippen LogP contribution in [0.25, 0.3) is 0 Å². The van der Waals surface area contributed by atoms with Gasteiger partial charge in [0.2, 0.25) is 0 Å². The molecule has 0 unspecified atom stereocenters. The third kappa shape index (κ3) is 2.67. The van der Waals surface area contributed by atoms with Crippen molar-refractivity contribution in [3.8, 4) is 0 Å². The van der Waals surface area contributed by atoms with Crippen LogP contribution in [0.3, 0.4) is 0 Å². The van der Waals surface area contributed by atoms with E-state index in [1.807, 2.05) is 10.8 Å². The summed E-state index contributed by atoms with van der Waals surface area (Å²) in [5.74, 6) is 4.30. The Morgan fingerprint density at radius 2 is 1.85 bits per heavy atom. The molecule has 148 valence electrons. The molecule has 0 aliphatic heterocycles. The molecule has 0 radical (unpaired) electrons. The van der Waals surface area contributed by atoms with E-state index < -0.39 is 0 Å². The lowest BCUT2D eigenvalue weighted by Crippen LogP contribution is -2.53. The van der Waals surface area contributed by atoms with Gasteiger partial charge in [0.25, 0.3) is 0 Å². The minimum Gasteiger partial charge on any atom is -0.330 e. The van der Waals surface area contributed by atoms with Gasteiger partial charge in [0.05, 0.1) is 12.9 Å². The average Bonchev–Trinajstić information content (AvgIpc) is 3.28. The maximum atomic E-state index is 13.2. The van der Waals surface area contributed by atoms with Crippen molar-refractivity contribution in [1.82, 2.24) is 9.55 Å². The largest absolute Gasteiger partial charge is 0.330 e. The van der Waals surface area contributed by atoms with E-state index in [0.717, 1.165) is 30.1 Å². The van der Waals surface area contributed by atoms with Gasteiger partial charge in [0, 0.05) is 18.3 Å². The Kier molecular flexibility index (Phi) is 4.29. The SMILES string of the molecule is C[C@]12CCCC[C@H]1CC[C@@H]1[C@@H]2CC[C@]2(C)[C@@H](C(=O)Cn3ccnc3)CC[C@@H]12. The van der Waals surface area contributed by atoms with E-state index in [2.05, 4.69) is 18.8 Å². The molecule has 4 saturated carbocycles. The molecule has 4 aliphatic rings. The van der Waals surface area contributed by atoms with Crippen LogP contribution in [0, 0.1) is 40.4 Å². The highest BCUT2D eigenvalue weighted by molar-refractivity contribution is 5.82. The Balaban J connectivity index is 1.37. The fourth-order valence-electron chi connectivity index (χ4n) is 8.49. The zero-order valence-electron chi connectivity index (χ0n) is 17.2. The Morgan fingerprint density at radius 3 is 2.67 bits per heavy atom. The van der Waals surface area contributed by atoms with Crippen molar-refractivity contribution in [1.29, 1.82) is 0 Å². The molecule has 0 bridgehead atoms. The number of aromatic nitrogens is 2. The van der Waals surface area contributed by atoms with Crippen LogP contribution < -0.4 is 0 Å². The number of nitrogens with zero attached hydrogens (tertiary/aromatic N) is 2. The van der Waals surface area contributed by atoms with Gasteiger partial charge in [0.15, 0.2) is 5.78 Å². The number of imidazole rings is 1. The van der Waals surface area contributed by atoms with Crippen LogP contribution in [0.2, 0.25) is 0 Å². The summed E-state index contributed by atoms with van der Waals surface area (Å²) in [6.45, 7) is 5.64. The number of hydrogen-bond donors (Lipinski definition) is 0. The van der Waals surface area contributed by atoms with Crippen LogP contribution in [0.1, 0.15) is 78.1 Å². The molecule has 3 nitrogen and oxygen atoms in total. The quantitative estimate of drug-likeness (QED) is 0.706. The summed E-state index contributed by atoms with van der Waals surface area (Å²) in [4.78, 5) is 17.3. The lowest BCUT2D eigenvalue weighted by atomic mass is 9.45. The number of rotatable bonds is 3. The molecule has 0 saturated heterocycles. The monoisotopic (exact) mass is 368 g/mol. The van der Waals surface area contributed by atoms with Crippen molar-refractivity contribution in [3.63, 3.8) is 0 Å². The predicted octanol–water partition coefficient (Wildman–Crippen LogP) is 5.50. The summed E-state index contributed by atoms with van der Waals surface area (Å²) in [6, 6.07) is 0. The summed E-state index contributed by atoms with van der Waals surface area (Å²) in [5.41, 5.74) is 0.845. The minimum atomic E-state index is 0.247. The first kappa shape index (κ1) is 17.9. The van der Waals surface area contributed by atoms with E-state index in [0.29, 0.717) is 17.7 Å². The molecule has 1 aromatic rings. The number of carbonyl (C=O) groups excluding carboxylic acids is 1. The minimum absolute atomic E-state index is 0.247. The summed E-state index contributed by atoms with van der Waals surface area (Å²) in [6.07, 6.45) is 19.3. The number of hydrogen-bond acceptors (Lipinski definition) is 2. The molecule has 1 heterocycles. The average molecular weight is 369 g/mol. The van der Waals surface area contributed by atoms with E-state index in [9.17, 15) is 4.79 Å². The topological polar surface area (TPSA) is 34.9 Å². The Bertz CT molecular complexity index is 697. The Morgan fingerprint density at radius 1 is 1.00 bits per heavy atom. The van der Waals surface area contributed by atoms with Gasteiger partial charge in [-0.1, -0.05) is 26.7 Å². The van der Waals surface area contributed by atoms with Gasteiger partial charge >= 0.3 is 0 Å². The third-order valence-electron chi connectivity index (χ3n) is 9.87. The first-order valence-electron chi connectivity index (χ1n) is 11.5. The van der Waals surface area contributed by atoms with Crippen LogP contribution in [0.4, 0.5) is 0 Å². The van der Waals surface area contributed by atoms with Crippen molar-refractivity contribution in [2.75, 3.05) is 0 Å². The lowest BCUT2D eigenvalue weighted by molar-refractivity contribution is -0.135. The van der Waals surface area contributed by atoms with Crippen molar-refractivity contribution in [2.45, 2.75) is 84.6 Å². The van der Waals surface area contributed by atoms with Gasteiger partial charge in [-0.05, 0) is 85.9 Å². The highest BCUT2D eigenvalue weighted by atomic mass is 16.1. The fourth-order valence-corrected chi connectivity index (χ4v) is 8.49. The maximum Gasteiger partial charge on any atom is 0.156 e. The lowest BCUT2D eigenvalue weighted by Gasteiger charge is -2.60. The van der Waals surface area contributed by atoms with Gasteiger partial charge in [0.1, 0.15) is 0 Å². The van der Waals surface area contributed by atoms with Crippen molar-refractivity contribution in [3.05, 3.63) is 18.7 Å². The van der Waals surface area contributed by atoms with Crippen molar-refractivity contribution in [2.24, 2.45) is 40.4 Å². The van der Waals surface area contributed by atoms with Gasteiger partial charge in [-0.3, -0.25) is 4.79 Å². The van der Waals surface area contributed by atoms with Crippen LogP contribution in [-0.2, 0) is 11.3 Å². The van der Waals surface area contributed by atoms with E-state index in [4.69, 9.17) is 0 Å².